The number of carbonyl (C=O) groups excluding carboxylic acids is 2. The zero-order chi connectivity index (χ0) is 29.0. The topological polar surface area (TPSA) is 153 Å². The Bertz CT molecular complexity index is 1390. The van der Waals surface area contributed by atoms with Crippen molar-refractivity contribution < 1.29 is 34.0 Å². The molecule has 2 amide bonds. The molecule has 16 heteroatoms. The molecular weight excluding hydrogens is 621 g/mol. The highest BCUT2D eigenvalue weighted by Crippen LogP contribution is 2.41. The number of pyridine rings is 2. The Balaban J connectivity index is 1.35. The molecule has 4 heterocycles. The number of thioether (sulfide) groups is 2. The molecule has 0 unspecified atom stereocenters. The van der Waals surface area contributed by atoms with Crippen molar-refractivity contribution in [2.24, 2.45) is 0 Å². The molecule has 0 saturated carbocycles. The van der Waals surface area contributed by atoms with E-state index in [1.807, 2.05) is 0 Å². The van der Waals surface area contributed by atoms with E-state index in [-0.39, 0.29) is 28.5 Å². The zero-order valence-corrected chi connectivity index (χ0v) is 24.5. The van der Waals surface area contributed by atoms with Gasteiger partial charge < -0.3 is 20.8 Å². The molecule has 0 bridgehead atoms. The number of halogens is 2. The fraction of sp³-hybridized carbons (Fsp3) is 0.292. The number of hydrogen-bond donors (Lipinski definition) is 4. The van der Waals surface area contributed by atoms with Gasteiger partial charge in [0.2, 0.25) is 6.54 Å². The highest BCUT2D eigenvalue weighted by molar-refractivity contribution is 8.01. The van der Waals surface area contributed by atoms with Gasteiger partial charge in [-0.15, -0.1) is 23.5 Å². The summed E-state index contributed by atoms with van der Waals surface area (Å²) in [5.74, 6) is -2.31. The molecule has 2 aliphatic heterocycles. The van der Waals surface area contributed by atoms with Crippen LogP contribution < -0.4 is 15.2 Å². The summed E-state index contributed by atoms with van der Waals surface area (Å²) in [4.78, 5) is 54.0. The SMILES string of the molecule is O=C(O)CNC(=O)C[n+]1ccc(SCC2=C(C(=O)O)N3C(=O)[C@H](NC(=S)Cc4cc(Cl)nc(Cl)c4)[C@H]3SC2)cc1. The number of thiocarbonyl (C=S) groups is 1. The lowest BCUT2D eigenvalue weighted by atomic mass is 10.0. The number of aliphatic carboxylic acids is 2. The van der Waals surface area contributed by atoms with Gasteiger partial charge in [-0.3, -0.25) is 19.3 Å². The smallest absolute Gasteiger partial charge is 0.352 e. The van der Waals surface area contributed by atoms with Crippen LogP contribution in [0.5, 0.6) is 0 Å². The van der Waals surface area contributed by atoms with Crippen molar-refractivity contribution in [3.63, 3.8) is 0 Å². The van der Waals surface area contributed by atoms with Gasteiger partial charge >= 0.3 is 11.9 Å². The summed E-state index contributed by atoms with van der Waals surface area (Å²) in [6, 6.07) is 6.16. The average molecular weight is 644 g/mol. The molecule has 2 aliphatic rings. The molecule has 2 atom stereocenters. The summed E-state index contributed by atoms with van der Waals surface area (Å²) < 4.78 is 1.60. The average Bonchev–Trinajstić information content (AvgIpc) is 2.89. The van der Waals surface area contributed by atoms with Crippen LogP contribution in [-0.2, 0) is 32.1 Å². The Morgan fingerprint density at radius 1 is 1.20 bits per heavy atom. The summed E-state index contributed by atoms with van der Waals surface area (Å²) in [5.41, 5.74) is 1.35. The fourth-order valence-corrected chi connectivity index (χ4v) is 7.20. The molecule has 0 aromatic carbocycles. The zero-order valence-electron chi connectivity index (χ0n) is 20.5. The van der Waals surface area contributed by atoms with Gasteiger partial charge in [-0.05, 0) is 23.3 Å². The third kappa shape index (κ3) is 7.43. The van der Waals surface area contributed by atoms with E-state index in [2.05, 4.69) is 15.6 Å². The van der Waals surface area contributed by atoms with Crippen LogP contribution in [0.4, 0.5) is 0 Å². The number of rotatable bonds is 11. The fourth-order valence-electron chi connectivity index (χ4n) is 4.03. The number of β-lactam (4-membered cyclic amide) rings is 1. The molecule has 1 fully saturated rings. The largest absolute Gasteiger partial charge is 0.480 e. The van der Waals surface area contributed by atoms with Crippen molar-refractivity contribution in [3.8, 4) is 0 Å². The number of amides is 2. The number of nitrogens with one attached hydrogen (secondary N) is 2. The Morgan fingerprint density at radius 3 is 2.50 bits per heavy atom. The van der Waals surface area contributed by atoms with Crippen LogP contribution >= 0.6 is 58.9 Å². The van der Waals surface area contributed by atoms with Crippen molar-refractivity contribution in [2.75, 3.05) is 18.1 Å². The highest BCUT2D eigenvalue weighted by Gasteiger charge is 2.53. The molecule has 2 aromatic heterocycles. The minimum atomic E-state index is -1.17. The third-order valence-electron chi connectivity index (χ3n) is 5.79. The van der Waals surface area contributed by atoms with Crippen molar-refractivity contribution in [2.45, 2.75) is 29.3 Å². The van der Waals surface area contributed by atoms with E-state index >= 15 is 0 Å². The molecule has 0 spiro atoms. The normalized spacial score (nSPS) is 18.1. The lowest BCUT2D eigenvalue weighted by Gasteiger charge is -2.49. The maximum absolute atomic E-state index is 13.0. The minimum absolute atomic E-state index is 0.0148. The van der Waals surface area contributed by atoms with Crippen LogP contribution in [0, 0.1) is 0 Å². The molecule has 4 N–H and O–H groups in total. The van der Waals surface area contributed by atoms with E-state index in [1.54, 1.807) is 41.2 Å². The van der Waals surface area contributed by atoms with Crippen molar-refractivity contribution in [1.82, 2.24) is 20.5 Å². The number of carboxylic acids is 2. The summed E-state index contributed by atoms with van der Waals surface area (Å²) in [5, 5.41) is 24.0. The second-order valence-electron chi connectivity index (χ2n) is 8.68. The van der Waals surface area contributed by atoms with Gasteiger partial charge in [-0.25, -0.2) is 9.78 Å². The van der Waals surface area contributed by atoms with Gasteiger partial charge in [0.25, 0.3) is 11.8 Å². The standard InChI is InChI=1S/C24H21Cl2N5O6S3/c25-15-5-12(6-16(26)28-15)7-18(38)29-20-22(35)31-21(24(36)37)13(11-40-23(20)31)10-39-14-1-3-30(4-2-14)9-17(32)27-8-19(33)34/h1-6,20,23H,7-11H2,(H3-,27,29,32,33,34,36,37,38)/p+1/t20-,23+/m0/s1. The van der Waals surface area contributed by atoms with Crippen LogP contribution in [0.15, 0.2) is 52.8 Å². The van der Waals surface area contributed by atoms with E-state index < -0.39 is 35.8 Å². The van der Waals surface area contributed by atoms with Crippen LogP contribution in [0.2, 0.25) is 10.3 Å². The Kier molecular flexibility index (Phi) is 9.90. The Hall–Kier alpha value is -2.91. The number of aromatic nitrogens is 2. The molecule has 210 valence electrons. The van der Waals surface area contributed by atoms with Gasteiger partial charge in [0.1, 0.15) is 34.0 Å². The lowest BCUT2D eigenvalue weighted by Crippen LogP contribution is -2.70. The van der Waals surface area contributed by atoms with Gasteiger partial charge in [0.05, 0.1) is 4.99 Å². The van der Waals surface area contributed by atoms with Crippen LogP contribution in [0.3, 0.4) is 0 Å². The second-order valence-corrected chi connectivity index (χ2v) is 12.1. The summed E-state index contributed by atoms with van der Waals surface area (Å²) >= 11 is 20.2. The molecule has 40 heavy (non-hydrogen) atoms. The first kappa shape index (κ1) is 30.1. The quantitative estimate of drug-likeness (QED) is 0.0932. The second kappa shape index (κ2) is 13.2. The summed E-state index contributed by atoms with van der Waals surface area (Å²) in [6.45, 7) is -0.489. The van der Waals surface area contributed by atoms with Crippen LogP contribution in [-0.4, -0.2) is 78.3 Å². The maximum atomic E-state index is 13.0. The first-order valence-electron chi connectivity index (χ1n) is 11.6. The van der Waals surface area contributed by atoms with Gasteiger partial charge in [0, 0.05) is 35.0 Å². The number of carboxylic acid groups (broad SMARTS) is 2. The molecule has 0 aliphatic carbocycles. The molecule has 1 saturated heterocycles. The number of hydrogen-bond acceptors (Lipinski definition) is 8. The third-order valence-corrected chi connectivity index (χ3v) is 8.88. The predicted octanol–water partition coefficient (Wildman–Crippen LogP) is 1.75. The molecule has 4 rings (SSSR count). The van der Waals surface area contributed by atoms with E-state index in [1.165, 1.54) is 28.4 Å². The predicted molar refractivity (Wildman–Crippen MR) is 153 cm³/mol. The van der Waals surface area contributed by atoms with Gasteiger partial charge in [0.15, 0.2) is 12.4 Å². The Morgan fingerprint density at radius 2 is 1.88 bits per heavy atom. The van der Waals surface area contributed by atoms with Crippen molar-refractivity contribution >= 4 is 87.7 Å². The van der Waals surface area contributed by atoms with E-state index in [9.17, 15) is 24.3 Å². The Labute approximate surface area is 252 Å². The summed E-state index contributed by atoms with van der Waals surface area (Å²) in [6.07, 6.45) is 3.64. The lowest BCUT2D eigenvalue weighted by molar-refractivity contribution is -0.684. The first-order valence-corrected chi connectivity index (χ1v) is 14.8. The highest BCUT2D eigenvalue weighted by atomic mass is 35.5. The van der Waals surface area contributed by atoms with E-state index in [0.29, 0.717) is 28.5 Å². The maximum Gasteiger partial charge on any atom is 0.352 e. The van der Waals surface area contributed by atoms with Gasteiger partial charge in [-0.2, -0.15) is 4.57 Å². The van der Waals surface area contributed by atoms with Crippen molar-refractivity contribution in [3.05, 3.63) is 63.8 Å². The first-order chi connectivity index (χ1) is 19.0. The number of nitrogens with zero attached hydrogens (tertiary/aromatic N) is 3. The monoisotopic (exact) mass is 642 g/mol. The molecular formula is C24H22Cl2N5O6S3+. The van der Waals surface area contributed by atoms with E-state index in [4.69, 9.17) is 40.5 Å². The molecule has 0 radical (unpaired) electrons. The van der Waals surface area contributed by atoms with Crippen molar-refractivity contribution in [1.29, 1.82) is 0 Å². The number of carbonyl (C=O) groups is 4. The molecule has 11 nitrogen and oxygen atoms in total. The summed E-state index contributed by atoms with van der Waals surface area (Å²) in [7, 11) is 0. The van der Waals surface area contributed by atoms with Crippen LogP contribution in [0.1, 0.15) is 5.56 Å². The molecule has 2 aromatic rings. The minimum Gasteiger partial charge on any atom is -0.480 e. The van der Waals surface area contributed by atoms with Crippen LogP contribution in [0.25, 0.3) is 0 Å². The van der Waals surface area contributed by atoms with E-state index in [0.717, 1.165) is 10.5 Å². The van der Waals surface area contributed by atoms with Gasteiger partial charge in [-0.1, -0.05) is 35.4 Å². The number of fused-ring (bicyclic) bond motifs is 1.